The van der Waals surface area contributed by atoms with E-state index in [0.29, 0.717) is 6.54 Å². The van der Waals surface area contributed by atoms with Crippen LogP contribution < -0.4 is 5.32 Å². The Morgan fingerprint density at radius 1 is 1.50 bits per heavy atom. The Labute approximate surface area is 124 Å². The first-order valence-corrected chi connectivity index (χ1v) is 6.28. The van der Waals surface area contributed by atoms with Gasteiger partial charge in [-0.05, 0) is 18.2 Å². The number of imide groups is 1. The number of hydrazone groups is 1. The average Bonchev–Trinajstić information content (AvgIpc) is 3.10. The smallest absolute Gasteiger partial charge is 0.401 e. The Bertz CT molecular complexity index is 650. The van der Waals surface area contributed by atoms with E-state index >= 15 is 0 Å². The van der Waals surface area contributed by atoms with Crippen LogP contribution in [0, 0.1) is 10.1 Å². The van der Waals surface area contributed by atoms with Crippen molar-refractivity contribution in [3.8, 4) is 0 Å². The van der Waals surface area contributed by atoms with Crippen LogP contribution in [0.1, 0.15) is 5.76 Å². The SMILES string of the molecule is CNC(=O)N1CCN(/N=C\C=C\c2ccc([N+](=O)[O-])o2)C1=O. The van der Waals surface area contributed by atoms with Crippen molar-refractivity contribution in [3.63, 3.8) is 0 Å². The quantitative estimate of drug-likeness (QED) is 0.510. The number of hydrogen-bond donors (Lipinski definition) is 1. The molecule has 0 unspecified atom stereocenters. The summed E-state index contributed by atoms with van der Waals surface area (Å²) in [4.78, 5) is 34.0. The van der Waals surface area contributed by atoms with Crippen molar-refractivity contribution in [1.82, 2.24) is 15.2 Å². The van der Waals surface area contributed by atoms with E-state index < -0.39 is 17.0 Å². The first kappa shape index (κ1) is 15.2. The molecule has 2 rings (SSSR count). The van der Waals surface area contributed by atoms with E-state index in [1.807, 2.05) is 0 Å². The molecule has 10 nitrogen and oxygen atoms in total. The third-order valence-electron chi connectivity index (χ3n) is 2.79. The Morgan fingerprint density at radius 3 is 2.91 bits per heavy atom. The van der Waals surface area contributed by atoms with Gasteiger partial charge in [-0.25, -0.2) is 19.5 Å². The molecule has 4 amide bonds. The van der Waals surface area contributed by atoms with Gasteiger partial charge in [-0.2, -0.15) is 5.10 Å². The molecule has 0 atom stereocenters. The minimum atomic E-state index is -0.637. The van der Waals surface area contributed by atoms with Crippen molar-refractivity contribution in [2.24, 2.45) is 5.10 Å². The molecule has 1 aromatic rings. The first-order valence-electron chi connectivity index (χ1n) is 6.28. The number of carbonyl (C=O) groups excluding carboxylic acids is 2. The maximum Gasteiger partial charge on any atom is 0.433 e. The molecule has 1 saturated heterocycles. The zero-order valence-corrected chi connectivity index (χ0v) is 11.6. The van der Waals surface area contributed by atoms with Crippen molar-refractivity contribution >= 4 is 30.2 Å². The Morgan fingerprint density at radius 2 is 2.27 bits per heavy atom. The molecule has 116 valence electrons. The lowest BCUT2D eigenvalue weighted by Crippen LogP contribution is -2.40. The Kier molecular flexibility index (Phi) is 4.51. The van der Waals surface area contributed by atoms with Gasteiger partial charge >= 0.3 is 17.9 Å². The molecule has 0 aromatic carbocycles. The third-order valence-corrected chi connectivity index (χ3v) is 2.79. The molecule has 1 fully saturated rings. The molecular formula is C12H13N5O5. The molecule has 0 bridgehead atoms. The fraction of sp³-hybridized carbons (Fsp3) is 0.250. The number of carbonyl (C=O) groups is 2. The lowest BCUT2D eigenvalue weighted by molar-refractivity contribution is -0.402. The zero-order chi connectivity index (χ0) is 16.1. The summed E-state index contributed by atoms with van der Waals surface area (Å²) >= 11 is 0. The Hall–Kier alpha value is -3.17. The molecule has 0 spiro atoms. The number of nitrogens with one attached hydrogen (secondary N) is 1. The second kappa shape index (κ2) is 6.52. The second-order valence-corrected chi connectivity index (χ2v) is 4.17. The van der Waals surface area contributed by atoms with Gasteiger partial charge in [-0.1, -0.05) is 0 Å². The van der Waals surface area contributed by atoms with Crippen LogP contribution in [0.3, 0.4) is 0 Å². The molecule has 1 N–H and O–H groups in total. The Balaban J connectivity index is 1.92. The number of furan rings is 1. The predicted octanol–water partition coefficient (Wildman–Crippen LogP) is 1.26. The highest BCUT2D eigenvalue weighted by molar-refractivity contribution is 5.95. The summed E-state index contributed by atoms with van der Waals surface area (Å²) in [7, 11) is 1.44. The third kappa shape index (κ3) is 3.29. The van der Waals surface area contributed by atoms with Crippen LogP contribution in [-0.2, 0) is 0 Å². The van der Waals surface area contributed by atoms with Crippen LogP contribution in [0.15, 0.2) is 27.7 Å². The van der Waals surface area contributed by atoms with Gasteiger partial charge in [0.2, 0.25) is 0 Å². The molecule has 0 aliphatic carbocycles. The molecule has 1 aliphatic heterocycles. The number of rotatable bonds is 4. The van der Waals surface area contributed by atoms with Gasteiger partial charge in [0, 0.05) is 13.3 Å². The topological polar surface area (TPSA) is 121 Å². The van der Waals surface area contributed by atoms with Crippen LogP contribution in [0.25, 0.3) is 6.08 Å². The summed E-state index contributed by atoms with van der Waals surface area (Å²) in [5, 5.41) is 17.9. The fourth-order valence-corrected chi connectivity index (χ4v) is 1.74. The van der Waals surface area contributed by atoms with Crippen molar-refractivity contribution in [3.05, 3.63) is 34.1 Å². The fourth-order valence-electron chi connectivity index (χ4n) is 1.74. The number of allylic oxidation sites excluding steroid dienone is 1. The van der Waals surface area contributed by atoms with Gasteiger partial charge in [0.1, 0.15) is 10.7 Å². The lowest BCUT2D eigenvalue weighted by atomic mass is 10.4. The maximum atomic E-state index is 11.8. The van der Waals surface area contributed by atoms with E-state index in [9.17, 15) is 19.7 Å². The number of nitro groups is 1. The highest BCUT2D eigenvalue weighted by Gasteiger charge is 2.32. The molecule has 2 heterocycles. The molecule has 0 saturated carbocycles. The van der Waals surface area contributed by atoms with Crippen molar-refractivity contribution in [2.75, 3.05) is 20.1 Å². The van der Waals surface area contributed by atoms with Gasteiger partial charge in [-0.3, -0.25) is 10.1 Å². The standard InChI is InChI=1S/C12H13N5O5/c1-13-11(18)15-7-8-16(12(15)19)14-6-2-3-9-4-5-10(22-9)17(20)21/h2-6H,7-8H2,1H3,(H,13,18)/b3-2+,14-6-. The average molecular weight is 307 g/mol. The number of urea groups is 2. The predicted molar refractivity (Wildman–Crippen MR) is 76.2 cm³/mol. The minimum absolute atomic E-state index is 0.254. The van der Waals surface area contributed by atoms with E-state index in [1.165, 1.54) is 37.5 Å². The van der Waals surface area contributed by atoms with E-state index in [0.717, 1.165) is 9.91 Å². The summed E-state index contributed by atoms with van der Waals surface area (Å²) in [6.45, 7) is 0.548. The van der Waals surface area contributed by atoms with Crippen LogP contribution in [-0.4, -0.2) is 53.2 Å². The highest BCUT2D eigenvalue weighted by Crippen LogP contribution is 2.16. The summed E-state index contributed by atoms with van der Waals surface area (Å²) in [6.07, 6.45) is 4.27. The van der Waals surface area contributed by atoms with E-state index in [1.54, 1.807) is 0 Å². The lowest BCUT2D eigenvalue weighted by Gasteiger charge is -2.12. The molecule has 22 heavy (non-hydrogen) atoms. The van der Waals surface area contributed by atoms with E-state index in [-0.39, 0.29) is 18.2 Å². The second-order valence-electron chi connectivity index (χ2n) is 4.17. The van der Waals surface area contributed by atoms with Crippen molar-refractivity contribution in [2.45, 2.75) is 0 Å². The van der Waals surface area contributed by atoms with Crippen LogP contribution in [0.4, 0.5) is 15.5 Å². The van der Waals surface area contributed by atoms with Gasteiger partial charge < -0.3 is 9.73 Å². The van der Waals surface area contributed by atoms with Gasteiger partial charge in [-0.15, -0.1) is 0 Å². The molecule has 1 aliphatic rings. The summed E-state index contributed by atoms with van der Waals surface area (Å²) in [5.41, 5.74) is 0. The molecule has 10 heteroatoms. The molecule has 1 aromatic heterocycles. The van der Waals surface area contributed by atoms with Gasteiger partial charge in [0.25, 0.3) is 0 Å². The summed E-state index contributed by atoms with van der Waals surface area (Å²) < 4.78 is 4.91. The molecular weight excluding hydrogens is 294 g/mol. The molecule has 0 radical (unpaired) electrons. The van der Waals surface area contributed by atoms with E-state index in [4.69, 9.17) is 4.42 Å². The van der Waals surface area contributed by atoms with Gasteiger partial charge in [0.05, 0.1) is 19.2 Å². The largest absolute Gasteiger partial charge is 0.433 e. The maximum absolute atomic E-state index is 11.8. The minimum Gasteiger partial charge on any atom is -0.401 e. The van der Waals surface area contributed by atoms with Crippen LogP contribution >= 0.6 is 0 Å². The van der Waals surface area contributed by atoms with Crippen LogP contribution in [0.5, 0.6) is 0 Å². The number of amides is 4. The monoisotopic (exact) mass is 307 g/mol. The normalized spacial score (nSPS) is 15.2. The number of hydrogen-bond acceptors (Lipinski definition) is 6. The van der Waals surface area contributed by atoms with Crippen LogP contribution in [0.2, 0.25) is 0 Å². The summed E-state index contributed by atoms with van der Waals surface area (Å²) in [6, 6.07) is 1.68. The van der Waals surface area contributed by atoms with Crippen molar-refractivity contribution in [1.29, 1.82) is 0 Å². The van der Waals surface area contributed by atoms with Gasteiger partial charge in [0.15, 0.2) is 0 Å². The highest BCUT2D eigenvalue weighted by atomic mass is 16.6. The summed E-state index contributed by atoms with van der Waals surface area (Å²) in [5.74, 6) is -0.0644. The first-order chi connectivity index (χ1) is 10.5. The number of nitrogens with zero attached hydrogens (tertiary/aromatic N) is 4. The zero-order valence-electron chi connectivity index (χ0n) is 11.6. The van der Waals surface area contributed by atoms with Crippen molar-refractivity contribution < 1.29 is 18.9 Å². The van der Waals surface area contributed by atoms with E-state index in [2.05, 4.69) is 10.4 Å².